The van der Waals surface area contributed by atoms with Crippen molar-refractivity contribution in [3.8, 4) is 0 Å². The highest BCUT2D eigenvalue weighted by Crippen LogP contribution is 2.58. The Morgan fingerprint density at radius 3 is 1.83 bits per heavy atom. The second-order valence-corrected chi connectivity index (χ2v) is 7.15. The lowest BCUT2D eigenvalue weighted by Gasteiger charge is -2.37. The summed E-state index contributed by atoms with van der Waals surface area (Å²) in [5, 5.41) is 0. The van der Waals surface area contributed by atoms with Crippen LogP contribution in [-0.2, 0) is 9.47 Å². The Morgan fingerprint density at radius 2 is 1.30 bits per heavy atom. The molecule has 180 valence electrons. The van der Waals surface area contributed by atoms with Crippen molar-refractivity contribution in [2.75, 3.05) is 19.8 Å². The number of halogens is 11. The summed E-state index contributed by atoms with van der Waals surface area (Å²) in [6, 6.07) is 0. The van der Waals surface area contributed by atoms with Crippen molar-refractivity contribution in [3.63, 3.8) is 0 Å². The zero-order valence-electron chi connectivity index (χ0n) is 15.8. The van der Waals surface area contributed by atoms with Crippen molar-refractivity contribution in [3.05, 3.63) is 0 Å². The monoisotopic (exact) mass is 468 g/mol. The summed E-state index contributed by atoms with van der Waals surface area (Å²) in [6.45, 7) is 1.16. The van der Waals surface area contributed by atoms with Gasteiger partial charge >= 0.3 is 29.9 Å². The van der Waals surface area contributed by atoms with Crippen LogP contribution < -0.4 is 0 Å². The largest absolute Gasteiger partial charge is 0.460 e. The molecule has 0 spiro atoms. The molecule has 0 saturated carbocycles. The zero-order chi connectivity index (χ0) is 23.3. The molecule has 0 amide bonds. The van der Waals surface area contributed by atoms with Gasteiger partial charge in [-0.1, -0.05) is 12.8 Å². The molecule has 1 rings (SSSR count). The van der Waals surface area contributed by atoms with Crippen molar-refractivity contribution in [1.29, 1.82) is 0 Å². The molecule has 0 radical (unpaired) electrons. The molecule has 1 aliphatic heterocycles. The Labute approximate surface area is 166 Å². The highest BCUT2D eigenvalue weighted by atomic mass is 19.4. The maximum atomic E-state index is 13.5. The number of unbranched alkanes of at least 4 members (excludes halogenated alkanes) is 3. The van der Waals surface area contributed by atoms with Crippen molar-refractivity contribution in [2.45, 2.75) is 87.3 Å². The van der Waals surface area contributed by atoms with E-state index in [9.17, 15) is 48.3 Å². The third-order valence-corrected chi connectivity index (χ3v) is 4.71. The molecule has 1 unspecified atom stereocenters. The smallest absolute Gasteiger partial charge is 0.379 e. The Bertz CT molecular complexity index is 514. The molecule has 1 aliphatic rings. The highest BCUT2D eigenvalue weighted by Gasteiger charge is 2.86. The summed E-state index contributed by atoms with van der Waals surface area (Å²) in [5.74, 6) is -27.3. The lowest BCUT2D eigenvalue weighted by atomic mass is 9.94. The number of alkyl halides is 11. The third kappa shape index (κ3) is 6.10. The Morgan fingerprint density at radius 1 is 0.700 bits per heavy atom. The average molecular weight is 468 g/mol. The van der Waals surface area contributed by atoms with Gasteiger partial charge in [0.05, 0.1) is 12.7 Å². The van der Waals surface area contributed by atoms with Gasteiger partial charge in [-0.15, -0.1) is 0 Å². The lowest BCUT2D eigenvalue weighted by Crippen LogP contribution is -2.66. The maximum Gasteiger partial charge on any atom is 0.460 e. The Balaban J connectivity index is 2.42. The van der Waals surface area contributed by atoms with Crippen LogP contribution in [0.3, 0.4) is 0 Å². The highest BCUT2D eigenvalue weighted by molar-refractivity contribution is 5.06. The van der Waals surface area contributed by atoms with E-state index in [1.54, 1.807) is 0 Å². The fraction of sp³-hybridized carbons (Fsp3) is 1.00. The molecule has 0 aromatic heterocycles. The van der Waals surface area contributed by atoms with Crippen molar-refractivity contribution < 1.29 is 57.8 Å². The molecule has 30 heavy (non-hydrogen) atoms. The summed E-state index contributed by atoms with van der Waals surface area (Å²) in [4.78, 5) is 0. The average Bonchev–Trinajstić information content (AvgIpc) is 2.63. The van der Waals surface area contributed by atoms with E-state index in [2.05, 4.69) is 0 Å². The standard InChI is InChI=1S/C17H23F11O2/c18-13(19,14(20,21)15(22,23)16(24,25)17(26,27)28)8-4-1-2-5-9-29-11-12-7-3-6-10-30-12/h12H,1-11H2. The zero-order valence-corrected chi connectivity index (χ0v) is 15.8. The number of ether oxygens (including phenoxy) is 2. The summed E-state index contributed by atoms with van der Waals surface area (Å²) in [5.41, 5.74) is 0. The molecule has 1 saturated heterocycles. The van der Waals surface area contributed by atoms with Crippen LogP contribution in [0, 0.1) is 0 Å². The van der Waals surface area contributed by atoms with Gasteiger partial charge in [-0.2, -0.15) is 48.3 Å². The van der Waals surface area contributed by atoms with E-state index in [0.717, 1.165) is 19.3 Å². The van der Waals surface area contributed by atoms with Crippen LogP contribution in [-0.4, -0.2) is 55.8 Å². The van der Waals surface area contributed by atoms with Crippen LogP contribution in [0.2, 0.25) is 0 Å². The second kappa shape index (κ2) is 10.2. The first-order valence-electron chi connectivity index (χ1n) is 9.35. The van der Waals surface area contributed by atoms with E-state index in [-0.39, 0.29) is 25.6 Å². The summed E-state index contributed by atoms with van der Waals surface area (Å²) in [6.07, 6.45) is -6.77. The molecule has 1 atom stereocenters. The van der Waals surface area contributed by atoms with Crippen LogP contribution in [0.4, 0.5) is 48.3 Å². The van der Waals surface area contributed by atoms with E-state index in [1.165, 1.54) is 0 Å². The summed E-state index contributed by atoms with van der Waals surface area (Å²) < 4.78 is 152. The predicted octanol–water partition coefficient (Wildman–Crippen LogP) is 6.63. The number of hydrogen-bond acceptors (Lipinski definition) is 2. The van der Waals surface area contributed by atoms with Gasteiger partial charge in [0, 0.05) is 19.6 Å². The molecule has 0 aliphatic carbocycles. The van der Waals surface area contributed by atoms with E-state index < -0.39 is 42.7 Å². The van der Waals surface area contributed by atoms with Crippen molar-refractivity contribution in [2.24, 2.45) is 0 Å². The van der Waals surface area contributed by atoms with Gasteiger partial charge in [0.25, 0.3) is 0 Å². The minimum absolute atomic E-state index is 0.0452. The molecule has 0 bridgehead atoms. The molecule has 0 N–H and O–H groups in total. The van der Waals surface area contributed by atoms with E-state index in [4.69, 9.17) is 9.47 Å². The first kappa shape index (κ1) is 27.2. The third-order valence-electron chi connectivity index (χ3n) is 4.71. The first-order chi connectivity index (χ1) is 13.6. The van der Waals surface area contributed by atoms with E-state index in [0.29, 0.717) is 19.6 Å². The maximum absolute atomic E-state index is 13.5. The van der Waals surface area contributed by atoms with Gasteiger partial charge in [-0.25, -0.2) is 0 Å². The SMILES string of the molecule is FC(F)(F)C(F)(F)C(F)(F)C(F)(F)C(F)(F)CCCCCCOCC1CCCCO1. The quantitative estimate of drug-likeness (QED) is 0.237. The van der Waals surface area contributed by atoms with Crippen LogP contribution >= 0.6 is 0 Å². The molecule has 2 nitrogen and oxygen atoms in total. The molecule has 0 aromatic carbocycles. The second-order valence-electron chi connectivity index (χ2n) is 7.15. The first-order valence-corrected chi connectivity index (χ1v) is 9.35. The van der Waals surface area contributed by atoms with Crippen LogP contribution in [0.25, 0.3) is 0 Å². The minimum Gasteiger partial charge on any atom is -0.379 e. The summed E-state index contributed by atoms with van der Waals surface area (Å²) >= 11 is 0. The molecule has 13 heteroatoms. The van der Waals surface area contributed by atoms with Gasteiger partial charge in [0.2, 0.25) is 0 Å². The molecular weight excluding hydrogens is 445 g/mol. The fourth-order valence-electron chi connectivity index (χ4n) is 2.82. The van der Waals surface area contributed by atoms with Gasteiger partial charge in [0.1, 0.15) is 0 Å². The molecule has 1 fully saturated rings. The fourth-order valence-corrected chi connectivity index (χ4v) is 2.82. The molecular formula is C17H23F11O2. The van der Waals surface area contributed by atoms with Gasteiger partial charge in [-0.05, 0) is 32.1 Å². The topological polar surface area (TPSA) is 18.5 Å². The normalized spacial score (nSPS) is 19.9. The Hall–Kier alpha value is -0.850. The van der Waals surface area contributed by atoms with Crippen molar-refractivity contribution in [1.82, 2.24) is 0 Å². The van der Waals surface area contributed by atoms with Crippen LogP contribution in [0.1, 0.15) is 51.4 Å². The lowest BCUT2D eigenvalue weighted by molar-refractivity contribution is -0.422. The van der Waals surface area contributed by atoms with Crippen LogP contribution in [0.5, 0.6) is 0 Å². The predicted molar refractivity (Wildman–Crippen MR) is 83.3 cm³/mol. The minimum atomic E-state index is -7.33. The number of rotatable bonds is 12. The molecule has 0 aromatic rings. The van der Waals surface area contributed by atoms with E-state index in [1.807, 2.05) is 0 Å². The summed E-state index contributed by atoms with van der Waals surface area (Å²) in [7, 11) is 0. The van der Waals surface area contributed by atoms with Crippen molar-refractivity contribution >= 4 is 0 Å². The van der Waals surface area contributed by atoms with E-state index >= 15 is 0 Å². The van der Waals surface area contributed by atoms with Crippen LogP contribution in [0.15, 0.2) is 0 Å². The van der Waals surface area contributed by atoms with Gasteiger partial charge < -0.3 is 9.47 Å². The Kier molecular flexibility index (Phi) is 9.22. The van der Waals surface area contributed by atoms with Gasteiger partial charge in [0.15, 0.2) is 0 Å². The molecule has 1 heterocycles. The number of hydrogen-bond donors (Lipinski definition) is 0. The van der Waals surface area contributed by atoms with Gasteiger partial charge in [-0.3, -0.25) is 0 Å².